The maximum absolute atomic E-state index is 13.6. The van der Waals surface area contributed by atoms with Crippen LogP contribution in [0.25, 0.3) is 0 Å². The minimum Gasteiger partial charge on any atom is -0.484 e. The predicted molar refractivity (Wildman–Crippen MR) is 169 cm³/mol. The molecule has 0 saturated heterocycles. The monoisotopic (exact) mass is 616 g/mol. The third-order valence-electron chi connectivity index (χ3n) is 6.52. The number of sulfonamides is 1. The second-order valence-electron chi connectivity index (χ2n) is 10.3. The fraction of sp³-hybridized carbons (Fsp3) is 0.182. The summed E-state index contributed by atoms with van der Waals surface area (Å²) in [5.41, 5.74) is 5.78. The zero-order valence-electron chi connectivity index (χ0n) is 24.5. The fourth-order valence-electron chi connectivity index (χ4n) is 4.05. The molecular weight excluding hydrogens is 583 g/mol. The van der Waals surface area contributed by atoms with Gasteiger partial charge in [0.2, 0.25) is 0 Å². The number of halogens is 1. The molecule has 0 saturated carbocycles. The molecule has 0 radical (unpaired) electrons. The van der Waals surface area contributed by atoms with Crippen molar-refractivity contribution in [3.05, 3.63) is 120 Å². The second-order valence-corrected chi connectivity index (χ2v) is 12.1. The number of ether oxygens (including phenoxy) is 1. The van der Waals surface area contributed by atoms with E-state index in [0.717, 1.165) is 15.4 Å². The van der Waals surface area contributed by atoms with Gasteiger partial charge in [-0.05, 0) is 96.8 Å². The molecule has 9 nitrogen and oxygen atoms in total. The molecule has 2 N–H and O–H groups in total. The standard InChI is InChI=1S/C33H33FN4O5S/c1-23(2)26-8-14-29(15-9-26)38(44(41,42)31-18-4-24(3)5-19-31)21-32(39)37-35-20-25-6-16-30(17-7-25)43-22-33(40)36-28-12-10-27(34)11-13-28/h4-20,23H,21-22H2,1-3H3,(H,36,40)(H,37,39)/b35-20-. The Morgan fingerprint density at radius 1 is 0.886 bits per heavy atom. The minimum absolute atomic E-state index is 0.0718. The number of carbonyl (C=O) groups excluding carboxylic acids is 2. The van der Waals surface area contributed by atoms with E-state index in [1.54, 1.807) is 48.5 Å². The van der Waals surface area contributed by atoms with Gasteiger partial charge in [-0.3, -0.25) is 13.9 Å². The predicted octanol–water partition coefficient (Wildman–Crippen LogP) is 5.62. The van der Waals surface area contributed by atoms with E-state index in [4.69, 9.17) is 4.74 Å². The molecule has 2 amide bonds. The van der Waals surface area contributed by atoms with Gasteiger partial charge in [-0.1, -0.05) is 43.7 Å². The van der Waals surface area contributed by atoms with E-state index in [-0.39, 0.29) is 17.4 Å². The van der Waals surface area contributed by atoms with Gasteiger partial charge in [0, 0.05) is 5.69 Å². The zero-order valence-corrected chi connectivity index (χ0v) is 25.3. The maximum Gasteiger partial charge on any atom is 0.264 e. The lowest BCUT2D eigenvalue weighted by atomic mass is 10.0. The lowest BCUT2D eigenvalue weighted by Crippen LogP contribution is -2.39. The molecule has 0 aliphatic rings. The Kier molecular flexibility index (Phi) is 10.5. The average molecular weight is 617 g/mol. The van der Waals surface area contributed by atoms with Crippen molar-refractivity contribution in [1.29, 1.82) is 0 Å². The van der Waals surface area contributed by atoms with Gasteiger partial charge in [0.25, 0.3) is 21.8 Å². The molecule has 0 atom stereocenters. The molecule has 4 aromatic rings. The highest BCUT2D eigenvalue weighted by Gasteiger charge is 2.27. The summed E-state index contributed by atoms with van der Waals surface area (Å²) in [6, 6.07) is 25.5. The first kappa shape index (κ1) is 31.9. The highest BCUT2D eigenvalue weighted by atomic mass is 32.2. The van der Waals surface area contributed by atoms with Crippen LogP contribution in [0.5, 0.6) is 5.75 Å². The zero-order chi connectivity index (χ0) is 31.7. The summed E-state index contributed by atoms with van der Waals surface area (Å²) in [6.07, 6.45) is 1.40. The normalized spacial score (nSPS) is 11.4. The molecule has 0 heterocycles. The van der Waals surface area contributed by atoms with Crippen LogP contribution in [0.2, 0.25) is 0 Å². The molecule has 11 heteroatoms. The van der Waals surface area contributed by atoms with E-state index in [1.807, 2.05) is 32.9 Å². The topological polar surface area (TPSA) is 117 Å². The van der Waals surface area contributed by atoms with Crippen molar-refractivity contribution in [2.75, 3.05) is 22.8 Å². The Balaban J connectivity index is 1.37. The number of hydrogen-bond donors (Lipinski definition) is 2. The van der Waals surface area contributed by atoms with Crippen LogP contribution in [0.1, 0.15) is 36.5 Å². The summed E-state index contributed by atoms with van der Waals surface area (Å²) in [5, 5.41) is 6.58. The molecule has 44 heavy (non-hydrogen) atoms. The van der Waals surface area contributed by atoms with Gasteiger partial charge in [0.15, 0.2) is 6.61 Å². The van der Waals surface area contributed by atoms with E-state index >= 15 is 0 Å². The van der Waals surface area contributed by atoms with Gasteiger partial charge in [0.05, 0.1) is 16.8 Å². The van der Waals surface area contributed by atoms with Crippen molar-refractivity contribution in [2.45, 2.75) is 31.6 Å². The molecule has 0 aliphatic carbocycles. The van der Waals surface area contributed by atoms with Crippen molar-refractivity contribution in [2.24, 2.45) is 5.10 Å². The van der Waals surface area contributed by atoms with Gasteiger partial charge in [-0.15, -0.1) is 0 Å². The maximum atomic E-state index is 13.6. The van der Waals surface area contributed by atoms with Crippen molar-refractivity contribution in [3.63, 3.8) is 0 Å². The van der Waals surface area contributed by atoms with E-state index in [9.17, 15) is 22.4 Å². The van der Waals surface area contributed by atoms with E-state index in [0.29, 0.717) is 22.7 Å². The van der Waals surface area contributed by atoms with Crippen LogP contribution in [0.4, 0.5) is 15.8 Å². The summed E-state index contributed by atoms with van der Waals surface area (Å²) in [7, 11) is -4.05. The number of hydrazone groups is 1. The Morgan fingerprint density at radius 2 is 1.52 bits per heavy atom. The molecule has 228 valence electrons. The van der Waals surface area contributed by atoms with Gasteiger partial charge in [0.1, 0.15) is 18.1 Å². The molecular formula is C33H33FN4O5S. The number of carbonyl (C=O) groups is 2. The summed E-state index contributed by atoms with van der Waals surface area (Å²) in [6.45, 7) is 5.21. The molecule has 0 spiro atoms. The number of aryl methyl sites for hydroxylation is 1. The average Bonchev–Trinajstić information content (AvgIpc) is 3.01. The van der Waals surface area contributed by atoms with Crippen LogP contribution in [0.15, 0.2) is 107 Å². The van der Waals surface area contributed by atoms with Crippen LogP contribution in [0, 0.1) is 12.7 Å². The van der Waals surface area contributed by atoms with Gasteiger partial charge >= 0.3 is 0 Å². The van der Waals surface area contributed by atoms with Crippen LogP contribution in [-0.2, 0) is 19.6 Å². The first-order chi connectivity index (χ1) is 21.0. The molecule has 0 bridgehead atoms. The highest BCUT2D eigenvalue weighted by molar-refractivity contribution is 7.92. The van der Waals surface area contributed by atoms with Gasteiger partial charge in [-0.25, -0.2) is 18.2 Å². The summed E-state index contributed by atoms with van der Waals surface area (Å²) in [4.78, 5) is 25.0. The van der Waals surface area contributed by atoms with Crippen LogP contribution in [-0.4, -0.2) is 39.6 Å². The summed E-state index contributed by atoms with van der Waals surface area (Å²) >= 11 is 0. The molecule has 0 fully saturated rings. The fourth-order valence-corrected chi connectivity index (χ4v) is 5.47. The Morgan fingerprint density at radius 3 is 2.14 bits per heavy atom. The van der Waals surface area contributed by atoms with E-state index in [2.05, 4.69) is 15.8 Å². The first-order valence-corrected chi connectivity index (χ1v) is 15.2. The van der Waals surface area contributed by atoms with E-state index in [1.165, 1.54) is 42.6 Å². The number of anilines is 2. The minimum atomic E-state index is -4.05. The SMILES string of the molecule is Cc1ccc(S(=O)(=O)N(CC(=O)N/N=C\c2ccc(OCC(=O)Nc3ccc(F)cc3)cc2)c2ccc(C(C)C)cc2)cc1. The van der Waals surface area contributed by atoms with Crippen molar-refractivity contribution in [3.8, 4) is 5.75 Å². The Hall–Kier alpha value is -5.03. The van der Waals surface area contributed by atoms with Crippen LogP contribution >= 0.6 is 0 Å². The second kappa shape index (κ2) is 14.4. The third-order valence-corrected chi connectivity index (χ3v) is 8.31. The van der Waals surface area contributed by atoms with Crippen molar-refractivity contribution >= 4 is 39.4 Å². The van der Waals surface area contributed by atoms with Gasteiger partial charge in [-0.2, -0.15) is 5.10 Å². The number of rotatable bonds is 12. The summed E-state index contributed by atoms with van der Waals surface area (Å²) < 4.78 is 46.7. The highest BCUT2D eigenvalue weighted by Crippen LogP contribution is 2.26. The molecule has 0 unspecified atom stereocenters. The molecule has 0 aliphatic heterocycles. The number of benzene rings is 4. The number of nitrogens with zero attached hydrogens (tertiary/aromatic N) is 2. The number of nitrogens with one attached hydrogen (secondary N) is 2. The van der Waals surface area contributed by atoms with Crippen LogP contribution in [0.3, 0.4) is 0 Å². The third kappa shape index (κ3) is 8.74. The lowest BCUT2D eigenvalue weighted by molar-refractivity contribution is -0.119. The van der Waals surface area contributed by atoms with Crippen molar-refractivity contribution in [1.82, 2.24) is 5.43 Å². The molecule has 4 rings (SSSR count). The van der Waals surface area contributed by atoms with Crippen molar-refractivity contribution < 1.29 is 27.1 Å². The molecule has 4 aromatic carbocycles. The van der Waals surface area contributed by atoms with E-state index < -0.39 is 34.2 Å². The lowest BCUT2D eigenvalue weighted by Gasteiger charge is -2.24. The first-order valence-electron chi connectivity index (χ1n) is 13.8. The molecule has 0 aromatic heterocycles. The van der Waals surface area contributed by atoms with Crippen LogP contribution < -0.4 is 19.8 Å². The quantitative estimate of drug-likeness (QED) is 0.158. The Bertz CT molecular complexity index is 1710. The largest absolute Gasteiger partial charge is 0.484 e. The van der Waals surface area contributed by atoms with Gasteiger partial charge < -0.3 is 10.1 Å². The smallest absolute Gasteiger partial charge is 0.264 e. The Labute approximate surface area is 256 Å². The number of amides is 2. The summed E-state index contributed by atoms with van der Waals surface area (Å²) in [5.74, 6) is -0.739. The number of hydrogen-bond acceptors (Lipinski definition) is 6.